The summed E-state index contributed by atoms with van der Waals surface area (Å²) in [6, 6.07) is 15.4. The van der Waals surface area contributed by atoms with Gasteiger partial charge in [-0.2, -0.15) is 0 Å². The van der Waals surface area contributed by atoms with Crippen LogP contribution >= 0.6 is 35.0 Å². The topological polar surface area (TPSA) is 80.0 Å². The smallest absolute Gasteiger partial charge is 0.276 e. The zero-order valence-corrected chi connectivity index (χ0v) is 23.7. The first-order valence-electron chi connectivity index (χ1n) is 12.2. The van der Waals surface area contributed by atoms with Crippen molar-refractivity contribution in [2.24, 2.45) is 0 Å². The highest BCUT2D eigenvalue weighted by Gasteiger charge is 2.28. The highest BCUT2D eigenvalue weighted by molar-refractivity contribution is 7.98. The Kier molecular flexibility index (Phi) is 7.88. The summed E-state index contributed by atoms with van der Waals surface area (Å²) in [7, 11) is 0. The van der Waals surface area contributed by atoms with Crippen LogP contribution in [0.3, 0.4) is 0 Å². The summed E-state index contributed by atoms with van der Waals surface area (Å²) in [5.74, 6) is 0.280. The number of aryl methyl sites for hydroxylation is 3. The van der Waals surface area contributed by atoms with Crippen molar-refractivity contribution in [3.8, 4) is 5.69 Å². The molecule has 0 radical (unpaired) electrons. The summed E-state index contributed by atoms with van der Waals surface area (Å²) in [5.41, 5.74) is 5.56. The first-order valence-corrected chi connectivity index (χ1v) is 14.0. The normalized spacial score (nSPS) is 13.7. The van der Waals surface area contributed by atoms with E-state index in [1.807, 2.05) is 74.2 Å². The van der Waals surface area contributed by atoms with E-state index >= 15 is 0 Å². The zero-order chi connectivity index (χ0) is 26.8. The Morgan fingerprint density at radius 1 is 0.921 bits per heavy atom. The van der Waals surface area contributed by atoms with Crippen molar-refractivity contribution in [1.29, 1.82) is 0 Å². The maximum atomic E-state index is 13.7. The summed E-state index contributed by atoms with van der Waals surface area (Å²) in [4.78, 5) is 26.8. The molecule has 8 nitrogen and oxygen atoms in total. The maximum absolute atomic E-state index is 13.7. The second kappa shape index (κ2) is 11.3. The van der Waals surface area contributed by atoms with Crippen molar-refractivity contribution in [2.75, 3.05) is 31.1 Å². The molecule has 0 spiro atoms. The van der Waals surface area contributed by atoms with Crippen LogP contribution in [-0.2, 0) is 5.75 Å². The lowest BCUT2D eigenvalue weighted by atomic mass is 10.2. The zero-order valence-electron chi connectivity index (χ0n) is 21.4. The van der Waals surface area contributed by atoms with Gasteiger partial charge in [0, 0.05) is 59.1 Å². The van der Waals surface area contributed by atoms with E-state index in [2.05, 4.69) is 25.2 Å². The molecule has 3 heterocycles. The van der Waals surface area contributed by atoms with E-state index in [0.717, 1.165) is 28.3 Å². The van der Waals surface area contributed by atoms with Crippen molar-refractivity contribution >= 4 is 46.6 Å². The molecule has 0 atom stereocenters. The summed E-state index contributed by atoms with van der Waals surface area (Å²) >= 11 is 14.0. The van der Waals surface area contributed by atoms with E-state index < -0.39 is 0 Å². The fraction of sp³-hybridized carbons (Fsp3) is 0.296. The molecule has 5 rings (SSSR count). The van der Waals surface area contributed by atoms with Crippen molar-refractivity contribution in [3.63, 3.8) is 0 Å². The molecule has 2 aromatic carbocycles. The van der Waals surface area contributed by atoms with Crippen LogP contribution in [0.25, 0.3) is 5.69 Å². The van der Waals surface area contributed by atoms with Crippen LogP contribution in [0.2, 0.25) is 10.0 Å². The number of nitrogens with zero attached hydrogens (tertiary/aromatic N) is 7. The number of rotatable bonds is 6. The quantitative estimate of drug-likeness (QED) is 0.223. The third-order valence-corrected chi connectivity index (χ3v) is 7.91. The van der Waals surface area contributed by atoms with E-state index in [9.17, 15) is 4.79 Å². The lowest BCUT2D eigenvalue weighted by Gasteiger charge is -2.36. The number of thioether (sulfide) groups is 1. The first kappa shape index (κ1) is 26.5. The van der Waals surface area contributed by atoms with E-state index in [4.69, 9.17) is 23.2 Å². The van der Waals surface area contributed by atoms with Crippen LogP contribution in [-0.4, -0.2) is 61.9 Å². The van der Waals surface area contributed by atoms with Gasteiger partial charge in [0.15, 0.2) is 10.9 Å². The number of piperazine rings is 1. The van der Waals surface area contributed by atoms with E-state index in [0.29, 0.717) is 58.5 Å². The van der Waals surface area contributed by atoms with Gasteiger partial charge in [0.25, 0.3) is 5.91 Å². The second-order valence-corrected chi connectivity index (χ2v) is 11.0. The van der Waals surface area contributed by atoms with E-state index in [1.165, 1.54) is 11.8 Å². The molecule has 1 aliphatic rings. The van der Waals surface area contributed by atoms with Crippen molar-refractivity contribution in [3.05, 3.63) is 86.9 Å². The maximum Gasteiger partial charge on any atom is 0.276 e. The number of carbonyl (C=O) groups excluding carboxylic acids is 1. The second-order valence-electron chi connectivity index (χ2n) is 9.21. The van der Waals surface area contributed by atoms with Gasteiger partial charge in [-0.25, -0.2) is 14.6 Å². The highest BCUT2D eigenvalue weighted by atomic mass is 35.5. The van der Waals surface area contributed by atoms with Crippen molar-refractivity contribution < 1.29 is 4.79 Å². The molecule has 1 amide bonds. The third-order valence-electron chi connectivity index (χ3n) is 6.41. The SMILES string of the molecule is Cc1cc(C)nc(SCc2c(C(=O)N3CCN(c4cccc(Cl)c4)CC3)nnn2-c2ccc(C)c(Cl)c2)n1. The Bertz CT molecular complexity index is 1460. The number of hydrogen-bond acceptors (Lipinski definition) is 7. The molecule has 0 bridgehead atoms. The summed E-state index contributed by atoms with van der Waals surface area (Å²) in [5, 5.41) is 10.7. The predicted molar refractivity (Wildman–Crippen MR) is 152 cm³/mol. The summed E-state index contributed by atoms with van der Waals surface area (Å²) in [6.07, 6.45) is 0. The molecule has 0 saturated carbocycles. The molecule has 38 heavy (non-hydrogen) atoms. The molecule has 4 aromatic rings. The lowest BCUT2D eigenvalue weighted by Crippen LogP contribution is -2.49. The summed E-state index contributed by atoms with van der Waals surface area (Å²) in [6.45, 7) is 8.37. The van der Waals surface area contributed by atoms with E-state index in [-0.39, 0.29) is 5.91 Å². The standard InChI is InChI=1S/C27H27Cl2N7OS/c1-17-7-8-22(15-23(17)29)36-24(16-38-27-30-18(2)13-19(3)31-27)25(32-33-36)26(37)35-11-9-34(10-12-35)21-6-4-5-20(28)14-21/h4-8,13-15H,9-12,16H2,1-3H3. The number of halogens is 2. The van der Waals surface area contributed by atoms with Crippen LogP contribution in [0, 0.1) is 20.8 Å². The van der Waals surface area contributed by atoms with Crippen LogP contribution in [0.5, 0.6) is 0 Å². The molecule has 196 valence electrons. The number of hydrogen-bond donors (Lipinski definition) is 0. The number of aromatic nitrogens is 5. The Hall–Kier alpha value is -3.14. The van der Waals surface area contributed by atoms with Gasteiger partial charge in [-0.05, 0) is 62.7 Å². The van der Waals surface area contributed by atoms with Crippen LogP contribution < -0.4 is 4.90 Å². The number of anilines is 1. The Morgan fingerprint density at radius 3 is 2.34 bits per heavy atom. The van der Waals surface area contributed by atoms with Crippen LogP contribution in [0.15, 0.2) is 53.7 Å². The molecule has 11 heteroatoms. The molecular weight excluding hydrogens is 541 g/mol. The largest absolute Gasteiger partial charge is 0.368 e. The van der Waals surface area contributed by atoms with Crippen molar-refractivity contribution in [2.45, 2.75) is 31.7 Å². The van der Waals surface area contributed by atoms with Gasteiger partial charge in [-0.15, -0.1) is 5.10 Å². The number of amides is 1. The Balaban J connectivity index is 1.40. The van der Waals surface area contributed by atoms with Gasteiger partial charge in [0.1, 0.15) is 0 Å². The Morgan fingerprint density at radius 2 is 1.66 bits per heavy atom. The predicted octanol–water partition coefficient (Wildman–Crippen LogP) is 5.54. The molecule has 1 saturated heterocycles. The number of benzene rings is 2. The van der Waals surface area contributed by atoms with Gasteiger partial charge >= 0.3 is 0 Å². The van der Waals surface area contributed by atoms with Gasteiger partial charge < -0.3 is 9.80 Å². The molecule has 1 fully saturated rings. The Labute approximate surface area is 236 Å². The lowest BCUT2D eigenvalue weighted by molar-refractivity contribution is 0.0740. The number of carbonyl (C=O) groups is 1. The average Bonchev–Trinajstić information content (AvgIpc) is 3.32. The summed E-state index contributed by atoms with van der Waals surface area (Å²) < 4.78 is 1.69. The van der Waals surface area contributed by atoms with Gasteiger partial charge in [-0.1, -0.05) is 52.3 Å². The highest BCUT2D eigenvalue weighted by Crippen LogP contribution is 2.27. The van der Waals surface area contributed by atoms with Gasteiger partial charge in [-0.3, -0.25) is 4.79 Å². The minimum atomic E-state index is -0.142. The van der Waals surface area contributed by atoms with Crippen LogP contribution in [0.1, 0.15) is 33.1 Å². The fourth-order valence-electron chi connectivity index (χ4n) is 4.40. The first-order chi connectivity index (χ1) is 18.3. The van der Waals surface area contributed by atoms with E-state index in [1.54, 1.807) is 4.68 Å². The molecular formula is C27H27Cl2N7OS. The fourth-order valence-corrected chi connectivity index (χ4v) is 5.70. The van der Waals surface area contributed by atoms with Crippen molar-refractivity contribution in [1.82, 2.24) is 29.9 Å². The third kappa shape index (κ3) is 5.80. The molecule has 0 unspecified atom stereocenters. The van der Waals surface area contributed by atoms with Crippen LogP contribution in [0.4, 0.5) is 5.69 Å². The average molecular weight is 569 g/mol. The monoisotopic (exact) mass is 567 g/mol. The van der Waals surface area contributed by atoms with Gasteiger partial charge in [0.05, 0.1) is 11.4 Å². The molecule has 2 aromatic heterocycles. The minimum absolute atomic E-state index is 0.142. The molecule has 1 aliphatic heterocycles. The molecule has 0 aliphatic carbocycles. The minimum Gasteiger partial charge on any atom is -0.368 e. The van der Waals surface area contributed by atoms with Gasteiger partial charge in [0.2, 0.25) is 0 Å². The molecule has 0 N–H and O–H groups in total.